The maximum absolute atomic E-state index is 13.4. The lowest BCUT2D eigenvalue weighted by Crippen LogP contribution is -2.29. The Kier molecular flexibility index (Phi) is 6.74. The van der Waals surface area contributed by atoms with Gasteiger partial charge in [0, 0.05) is 30.0 Å². The summed E-state index contributed by atoms with van der Waals surface area (Å²) in [6, 6.07) is 18.9. The van der Waals surface area contributed by atoms with Gasteiger partial charge in [-0.2, -0.15) is 0 Å². The van der Waals surface area contributed by atoms with Gasteiger partial charge < -0.3 is 15.1 Å². The van der Waals surface area contributed by atoms with Crippen LogP contribution in [0.3, 0.4) is 0 Å². The molecule has 0 aromatic heterocycles. The molecule has 1 fully saturated rings. The predicted octanol–water partition coefficient (Wildman–Crippen LogP) is 5.74. The standard InChI is InChI=1S/C31H32N2O4/c1-3-32(4-2)24-14-16-25(17-15-24)33-28(22-10-7-11-26(34)19-22)27(30(36)31(33)37)29(35)23-13-12-20-8-5-6-9-21(20)18-23/h7,10-19,28,34-35H,3-6,8-9H2,1-2H3/b29-27-. The van der Waals surface area contributed by atoms with E-state index in [0.717, 1.165) is 44.5 Å². The Balaban J connectivity index is 1.64. The van der Waals surface area contributed by atoms with E-state index in [1.807, 2.05) is 42.5 Å². The van der Waals surface area contributed by atoms with E-state index in [1.165, 1.54) is 28.2 Å². The third-order valence-corrected chi connectivity index (χ3v) is 7.51. The van der Waals surface area contributed by atoms with Crippen LogP contribution in [0.1, 0.15) is 55.0 Å². The first-order chi connectivity index (χ1) is 17.9. The molecule has 37 heavy (non-hydrogen) atoms. The Labute approximate surface area is 217 Å². The van der Waals surface area contributed by atoms with Crippen molar-refractivity contribution < 1.29 is 19.8 Å². The first-order valence-corrected chi connectivity index (χ1v) is 13.0. The van der Waals surface area contributed by atoms with Crippen LogP contribution in [0.15, 0.2) is 72.3 Å². The minimum Gasteiger partial charge on any atom is -0.508 e. The average Bonchev–Trinajstić information content (AvgIpc) is 3.19. The summed E-state index contributed by atoms with van der Waals surface area (Å²) >= 11 is 0. The number of aliphatic hydroxyl groups excluding tert-OH is 1. The van der Waals surface area contributed by atoms with E-state index in [0.29, 0.717) is 16.8 Å². The van der Waals surface area contributed by atoms with Crippen molar-refractivity contribution in [2.24, 2.45) is 0 Å². The van der Waals surface area contributed by atoms with Crippen LogP contribution in [0.4, 0.5) is 11.4 Å². The Morgan fingerprint density at radius 2 is 1.62 bits per heavy atom. The molecule has 0 spiro atoms. The largest absolute Gasteiger partial charge is 0.508 e. The number of fused-ring (bicyclic) bond motifs is 1. The highest BCUT2D eigenvalue weighted by Gasteiger charge is 2.47. The van der Waals surface area contributed by atoms with Gasteiger partial charge in [0.25, 0.3) is 11.7 Å². The molecule has 1 amide bonds. The molecular formula is C31H32N2O4. The van der Waals surface area contributed by atoms with E-state index in [2.05, 4.69) is 18.7 Å². The summed E-state index contributed by atoms with van der Waals surface area (Å²) in [5.74, 6) is -1.61. The number of benzene rings is 3. The highest BCUT2D eigenvalue weighted by molar-refractivity contribution is 6.51. The Morgan fingerprint density at radius 3 is 2.30 bits per heavy atom. The second-order valence-electron chi connectivity index (χ2n) is 9.64. The molecule has 0 bridgehead atoms. The van der Waals surface area contributed by atoms with Gasteiger partial charge in [-0.15, -0.1) is 0 Å². The number of aromatic hydroxyl groups is 1. The zero-order valence-corrected chi connectivity index (χ0v) is 21.3. The van der Waals surface area contributed by atoms with Crippen LogP contribution in [-0.4, -0.2) is 35.0 Å². The fourth-order valence-electron chi connectivity index (χ4n) is 5.56. The normalized spacial score (nSPS) is 18.6. The van der Waals surface area contributed by atoms with Gasteiger partial charge in [0.05, 0.1) is 11.6 Å². The van der Waals surface area contributed by atoms with E-state index in [1.54, 1.807) is 12.1 Å². The molecule has 2 aliphatic rings. The molecule has 1 atom stereocenters. The number of nitrogens with zero attached hydrogens (tertiary/aromatic N) is 2. The number of amides is 1. The number of carbonyl (C=O) groups excluding carboxylic acids is 2. The quantitative estimate of drug-likeness (QED) is 0.258. The van der Waals surface area contributed by atoms with E-state index in [9.17, 15) is 19.8 Å². The molecule has 2 N–H and O–H groups in total. The molecule has 6 nitrogen and oxygen atoms in total. The van der Waals surface area contributed by atoms with Crippen molar-refractivity contribution in [2.75, 3.05) is 22.9 Å². The Morgan fingerprint density at radius 1 is 0.919 bits per heavy atom. The average molecular weight is 497 g/mol. The molecule has 1 aliphatic heterocycles. The second kappa shape index (κ2) is 10.1. The number of aliphatic hydroxyl groups is 1. The topological polar surface area (TPSA) is 81.1 Å². The molecule has 190 valence electrons. The fourth-order valence-corrected chi connectivity index (χ4v) is 5.56. The van der Waals surface area contributed by atoms with E-state index >= 15 is 0 Å². The van der Waals surface area contributed by atoms with Crippen molar-refractivity contribution in [2.45, 2.75) is 45.6 Å². The molecule has 1 heterocycles. The maximum atomic E-state index is 13.4. The van der Waals surface area contributed by atoms with Crippen LogP contribution >= 0.6 is 0 Å². The van der Waals surface area contributed by atoms with Gasteiger partial charge in [-0.3, -0.25) is 14.5 Å². The van der Waals surface area contributed by atoms with Crippen molar-refractivity contribution in [3.8, 4) is 5.75 Å². The second-order valence-corrected chi connectivity index (χ2v) is 9.64. The predicted molar refractivity (Wildman–Crippen MR) is 146 cm³/mol. The third kappa shape index (κ3) is 4.48. The van der Waals surface area contributed by atoms with Gasteiger partial charge >= 0.3 is 0 Å². The molecule has 6 heteroatoms. The number of phenols is 1. The van der Waals surface area contributed by atoms with Crippen molar-refractivity contribution in [3.63, 3.8) is 0 Å². The summed E-state index contributed by atoms with van der Waals surface area (Å²) in [6.07, 6.45) is 4.18. The van der Waals surface area contributed by atoms with Gasteiger partial charge in [-0.05, 0) is 98.7 Å². The number of rotatable bonds is 6. The van der Waals surface area contributed by atoms with E-state index in [4.69, 9.17) is 0 Å². The van der Waals surface area contributed by atoms with Gasteiger partial charge in [-0.25, -0.2) is 0 Å². The van der Waals surface area contributed by atoms with Crippen LogP contribution < -0.4 is 9.80 Å². The van der Waals surface area contributed by atoms with E-state index < -0.39 is 17.7 Å². The molecule has 1 aliphatic carbocycles. The lowest BCUT2D eigenvalue weighted by atomic mass is 9.88. The number of Topliss-reactive ketones (excluding diaryl/α,β-unsaturated/α-hetero) is 1. The first-order valence-electron chi connectivity index (χ1n) is 13.0. The number of phenolic OH excluding ortho intramolecular Hbond substituents is 1. The first kappa shape index (κ1) is 24.6. The highest BCUT2D eigenvalue weighted by atomic mass is 16.3. The summed E-state index contributed by atoms with van der Waals surface area (Å²) in [6.45, 7) is 5.87. The van der Waals surface area contributed by atoms with Crippen LogP contribution in [0.5, 0.6) is 5.75 Å². The summed E-state index contributed by atoms with van der Waals surface area (Å²) in [5.41, 5.74) is 5.11. The number of ketones is 1. The maximum Gasteiger partial charge on any atom is 0.300 e. The lowest BCUT2D eigenvalue weighted by Gasteiger charge is -2.27. The molecule has 5 rings (SSSR count). The van der Waals surface area contributed by atoms with Crippen molar-refractivity contribution >= 4 is 28.8 Å². The van der Waals surface area contributed by atoms with Gasteiger partial charge in [0.2, 0.25) is 0 Å². The van der Waals surface area contributed by atoms with Crippen molar-refractivity contribution in [3.05, 3.63) is 94.6 Å². The number of hydrogen-bond donors (Lipinski definition) is 2. The highest BCUT2D eigenvalue weighted by Crippen LogP contribution is 2.43. The lowest BCUT2D eigenvalue weighted by molar-refractivity contribution is -0.132. The van der Waals surface area contributed by atoms with Crippen molar-refractivity contribution in [1.82, 2.24) is 0 Å². The molecular weight excluding hydrogens is 464 g/mol. The van der Waals surface area contributed by atoms with E-state index in [-0.39, 0.29) is 17.1 Å². The fraction of sp³-hybridized carbons (Fsp3) is 0.290. The summed E-state index contributed by atoms with van der Waals surface area (Å²) in [7, 11) is 0. The van der Waals surface area contributed by atoms with Crippen LogP contribution in [0.2, 0.25) is 0 Å². The number of carbonyl (C=O) groups is 2. The molecule has 1 saturated heterocycles. The number of aryl methyl sites for hydroxylation is 2. The van der Waals surface area contributed by atoms with Crippen LogP contribution in [0.25, 0.3) is 5.76 Å². The minimum atomic E-state index is -0.873. The monoisotopic (exact) mass is 496 g/mol. The van der Waals surface area contributed by atoms with Crippen LogP contribution in [0, 0.1) is 0 Å². The zero-order valence-electron chi connectivity index (χ0n) is 21.3. The van der Waals surface area contributed by atoms with Gasteiger partial charge in [0.1, 0.15) is 11.5 Å². The SMILES string of the molecule is CCN(CC)c1ccc(N2C(=O)C(=O)/C(=C(\O)c3ccc4c(c3)CCCC4)C2c2cccc(O)c2)cc1. The van der Waals surface area contributed by atoms with Crippen LogP contribution in [-0.2, 0) is 22.4 Å². The summed E-state index contributed by atoms with van der Waals surface area (Å²) < 4.78 is 0. The molecule has 1 unspecified atom stereocenters. The number of anilines is 2. The third-order valence-electron chi connectivity index (χ3n) is 7.51. The summed E-state index contributed by atoms with van der Waals surface area (Å²) in [5, 5.41) is 21.7. The molecule has 0 saturated carbocycles. The van der Waals surface area contributed by atoms with Gasteiger partial charge in [0.15, 0.2) is 0 Å². The molecule has 3 aromatic rings. The van der Waals surface area contributed by atoms with Gasteiger partial charge in [-0.1, -0.05) is 24.3 Å². The minimum absolute atomic E-state index is 0.0220. The summed E-state index contributed by atoms with van der Waals surface area (Å²) in [4.78, 5) is 30.5. The molecule has 0 radical (unpaired) electrons. The smallest absolute Gasteiger partial charge is 0.300 e. The molecule has 3 aromatic carbocycles. The Bertz CT molecular complexity index is 1370. The Hall–Kier alpha value is -4.06. The zero-order chi connectivity index (χ0) is 26.1. The van der Waals surface area contributed by atoms with Crippen molar-refractivity contribution in [1.29, 1.82) is 0 Å². The number of hydrogen-bond acceptors (Lipinski definition) is 5.